The fourth-order valence-electron chi connectivity index (χ4n) is 1.89. The Morgan fingerprint density at radius 2 is 1.89 bits per heavy atom. The van der Waals surface area contributed by atoms with Gasteiger partial charge in [-0.05, 0) is 36.4 Å². The third-order valence-corrected chi connectivity index (χ3v) is 3.95. The molecule has 0 bridgehead atoms. The van der Waals surface area contributed by atoms with Crippen molar-refractivity contribution in [3.63, 3.8) is 0 Å². The molecule has 1 heterocycles. The summed E-state index contributed by atoms with van der Waals surface area (Å²) in [5.74, 6) is 0. The minimum Gasteiger partial charge on any atom is -0.388 e. The monoisotopic (exact) mass is 280 g/mol. The van der Waals surface area contributed by atoms with Crippen molar-refractivity contribution in [3.05, 3.63) is 36.4 Å². The van der Waals surface area contributed by atoms with Gasteiger partial charge in [0.15, 0.2) is 0 Å². The Balaban J connectivity index is 1.95. The van der Waals surface area contributed by atoms with Crippen molar-refractivity contribution in [3.8, 4) is 0 Å². The first-order chi connectivity index (χ1) is 12.7. The Morgan fingerprint density at radius 3 is 2.68 bits per heavy atom. The molecule has 0 unspecified atom stereocenters. The van der Waals surface area contributed by atoms with Crippen LogP contribution < -0.4 is 15.5 Å². The van der Waals surface area contributed by atoms with Gasteiger partial charge in [0.1, 0.15) is 0 Å². The van der Waals surface area contributed by atoms with Crippen LogP contribution in [0.1, 0.15) is 12.3 Å². The predicted octanol–water partition coefficient (Wildman–Crippen LogP) is 4.00. The van der Waals surface area contributed by atoms with E-state index in [2.05, 4.69) is 10.6 Å². The Labute approximate surface area is 130 Å². The fraction of sp³-hybridized carbons (Fsp3) is 0.200. The van der Waals surface area contributed by atoms with Crippen LogP contribution in [0.2, 0.25) is 0 Å². The summed E-state index contributed by atoms with van der Waals surface area (Å²) in [5.41, 5.74) is 1.94. The van der Waals surface area contributed by atoms with Gasteiger partial charge in [-0.2, -0.15) is 0 Å². The van der Waals surface area contributed by atoms with Gasteiger partial charge < -0.3 is 15.5 Å². The number of anilines is 4. The van der Waals surface area contributed by atoms with Crippen LogP contribution in [0.5, 0.6) is 0 Å². The van der Waals surface area contributed by atoms with Crippen molar-refractivity contribution in [1.29, 1.82) is 0 Å². The Bertz CT molecular complexity index is 876. The van der Waals surface area contributed by atoms with Gasteiger partial charge in [-0.1, -0.05) is 11.8 Å². The average molecular weight is 280 g/mol. The number of nitrogens with one attached hydrogen (secondary N) is 2. The number of rotatable bonds is 2. The zero-order chi connectivity index (χ0) is 20.9. The summed E-state index contributed by atoms with van der Waals surface area (Å²) in [6.07, 6.45) is 0. The molecule has 2 aromatic rings. The summed E-state index contributed by atoms with van der Waals surface area (Å²) >= 11 is 1.30. The summed E-state index contributed by atoms with van der Waals surface area (Å²) in [4.78, 5) is 1.80. The number of hydrogen-bond donors (Lipinski definition) is 2. The largest absolute Gasteiger partial charge is 0.388 e. The van der Waals surface area contributed by atoms with Crippen LogP contribution in [0, 0.1) is 0 Å². The summed E-state index contributed by atoms with van der Waals surface area (Å²) in [6.45, 7) is -7.99. The Morgan fingerprint density at radius 1 is 1.11 bits per heavy atom. The molecule has 0 fully saturated rings. The minimum atomic E-state index is -2.83. The Kier molecular flexibility index (Phi) is 1.40. The molecule has 0 radical (unpaired) electrons. The van der Waals surface area contributed by atoms with Gasteiger partial charge in [0, 0.05) is 54.4 Å². The highest BCUT2D eigenvalue weighted by Crippen LogP contribution is 2.46. The van der Waals surface area contributed by atoms with Crippen molar-refractivity contribution >= 4 is 34.5 Å². The zero-order valence-corrected chi connectivity index (χ0v) is 10.6. The zero-order valence-electron chi connectivity index (χ0n) is 18.8. The Hall–Kier alpha value is -1.81. The summed E-state index contributed by atoms with van der Waals surface area (Å²) in [6, 6.07) is 9.62. The average Bonchev–Trinajstić information content (AvgIpc) is 2.48. The van der Waals surface area contributed by atoms with E-state index in [0.29, 0.717) is 21.2 Å². The quantitative estimate of drug-likeness (QED) is 0.742. The maximum atomic E-state index is 7.57. The molecule has 2 aromatic carbocycles. The third-order valence-electron chi connectivity index (χ3n) is 2.84. The third kappa shape index (κ3) is 2.24. The lowest BCUT2D eigenvalue weighted by molar-refractivity contribution is 1.12. The van der Waals surface area contributed by atoms with Gasteiger partial charge in [-0.15, -0.1) is 0 Å². The molecular formula is C15H17N3S. The molecule has 0 aromatic heterocycles. The van der Waals surface area contributed by atoms with Gasteiger partial charge in [0.2, 0.25) is 0 Å². The lowest BCUT2D eigenvalue weighted by Gasteiger charge is -2.23. The number of hydrogen-bond acceptors (Lipinski definition) is 4. The van der Waals surface area contributed by atoms with Gasteiger partial charge in [0.05, 0.1) is 11.4 Å². The van der Waals surface area contributed by atoms with E-state index >= 15 is 0 Å². The molecule has 2 N–H and O–H groups in total. The van der Waals surface area contributed by atoms with E-state index in [1.165, 1.54) is 23.9 Å². The normalized spacial score (nSPS) is 21.2. The molecule has 4 heteroatoms. The molecule has 3 nitrogen and oxygen atoms in total. The molecule has 1 aliphatic rings. The van der Waals surface area contributed by atoms with Crippen LogP contribution in [-0.2, 0) is 0 Å². The second kappa shape index (κ2) is 4.70. The van der Waals surface area contributed by atoms with Crippen LogP contribution in [-0.4, -0.2) is 20.9 Å². The van der Waals surface area contributed by atoms with Crippen LogP contribution in [0.4, 0.5) is 22.7 Å². The highest BCUT2D eigenvalue weighted by Gasteiger charge is 2.16. The van der Waals surface area contributed by atoms with Crippen molar-refractivity contribution in [2.24, 2.45) is 0 Å². The molecule has 3 rings (SSSR count). The number of benzene rings is 2. The minimum absolute atomic E-state index is 0.0493. The fourth-order valence-corrected chi connectivity index (χ4v) is 2.95. The van der Waals surface area contributed by atoms with Gasteiger partial charge >= 0.3 is 0 Å². The lowest BCUT2D eigenvalue weighted by Crippen LogP contribution is -2.09. The summed E-state index contributed by atoms with van der Waals surface area (Å²) < 4.78 is 67.3. The van der Waals surface area contributed by atoms with E-state index in [-0.39, 0.29) is 5.69 Å². The molecule has 19 heavy (non-hydrogen) atoms. The van der Waals surface area contributed by atoms with Gasteiger partial charge in [0.25, 0.3) is 0 Å². The highest BCUT2D eigenvalue weighted by molar-refractivity contribution is 7.99. The van der Waals surface area contributed by atoms with Crippen LogP contribution >= 0.6 is 11.8 Å². The standard InChI is InChI=1S/C15H17N3S/c1-16-10-4-6-12-14(8-10)19-15-9-11(18(2)3)5-7-13(15)17-12/h4-9,16-17H,1-3H3/i1D3,2D3,3D3. The van der Waals surface area contributed by atoms with E-state index < -0.39 is 20.9 Å². The van der Waals surface area contributed by atoms with Gasteiger partial charge in [-0.25, -0.2) is 0 Å². The first kappa shape index (κ1) is 5.67. The molecule has 0 saturated carbocycles. The molecular weight excluding hydrogens is 254 g/mol. The van der Waals surface area contributed by atoms with Crippen LogP contribution in [0.3, 0.4) is 0 Å². The number of nitrogens with zero attached hydrogens (tertiary/aromatic N) is 1. The van der Waals surface area contributed by atoms with Gasteiger partial charge in [-0.3, -0.25) is 0 Å². The smallest absolute Gasteiger partial charge is 0.0527 e. The van der Waals surface area contributed by atoms with Crippen molar-refractivity contribution < 1.29 is 12.3 Å². The lowest BCUT2D eigenvalue weighted by atomic mass is 10.2. The molecule has 0 atom stereocenters. The molecule has 1 aliphatic heterocycles. The van der Waals surface area contributed by atoms with Crippen molar-refractivity contribution in [2.45, 2.75) is 9.79 Å². The van der Waals surface area contributed by atoms with E-state index in [4.69, 9.17) is 12.3 Å². The van der Waals surface area contributed by atoms with Crippen LogP contribution in [0.15, 0.2) is 46.2 Å². The van der Waals surface area contributed by atoms with E-state index in [0.717, 1.165) is 10.6 Å². The first-order valence-corrected chi connectivity index (χ1v) is 6.37. The predicted molar refractivity (Wildman–Crippen MR) is 84.2 cm³/mol. The second-order valence-corrected chi connectivity index (χ2v) is 5.16. The SMILES string of the molecule is [2H]C([2H])([2H])Nc1ccc2c(c1)Sc1cc(N(C([2H])([2H])[2H])C([2H])([2H])[2H])ccc1N2. The van der Waals surface area contributed by atoms with E-state index in [9.17, 15) is 0 Å². The molecule has 0 amide bonds. The van der Waals surface area contributed by atoms with Crippen molar-refractivity contribution in [2.75, 3.05) is 36.5 Å². The number of fused-ring (bicyclic) bond motifs is 2. The van der Waals surface area contributed by atoms with E-state index in [1.807, 2.05) is 0 Å². The molecule has 0 spiro atoms. The highest BCUT2D eigenvalue weighted by atomic mass is 32.2. The molecule has 98 valence electrons. The van der Waals surface area contributed by atoms with Crippen LogP contribution in [0.25, 0.3) is 0 Å². The van der Waals surface area contributed by atoms with E-state index in [1.54, 1.807) is 24.3 Å². The van der Waals surface area contributed by atoms with Crippen molar-refractivity contribution in [1.82, 2.24) is 0 Å². The topological polar surface area (TPSA) is 27.3 Å². The summed E-state index contributed by atoms with van der Waals surface area (Å²) in [7, 11) is 0. The summed E-state index contributed by atoms with van der Waals surface area (Å²) in [5, 5.41) is 5.61. The second-order valence-electron chi connectivity index (χ2n) is 4.08. The maximum absolute atomic E-state index is 7.57. The molecule has 0 saturated heterocycles. The maximum Gasteiger partial charge on any atom is 0.0527 e. The molecule has 0 aliphatic carbocycles. The first-order valence-electron chi connectivity index (χ1n) is 10.1.